The van der Waals surface area contributed by atoms with E-state index in [2.05, 4.69) is 27.4 Å². The maximum Gasteiger partial charge on any atom is 0.315 e. The maximum absolute atomic E-state index is 11.7. The van der Waals surface area contributed by atoms with Crippen LogP contribution in [-0.2, 0) is 6.54 Å². The van der Waals surface area contributed by atoms with Crippen LogP contribution >= 0.6 is 0 Å². The third-order valence-corrected chi connectivity index (χ3v) is 3.88. The Morgan fingerprint density at radius 2 is 2.25 bits per heavy atom. The smallest absolute Gasteiger partial charge is 0.315 e. The standard InChI is InChI=1S/C14H24N4O2/c1-4-18-7-5-6-12(18)8-15-14(19)16-9-13-17-10(2)11(3)20-13/h12H,4-9H2,1-3H3,(H2,15,16,19)/t12-/m1/s1. The van der Waals surface area contributed by atoms with Crippen molar-refractivity contribution >= 4 is 6.03 Å². The van der Waals surface area contributed by atoms with Crippen molar-refractivity contribution in [2.75, 3.05) is 19.6 Å². The van der Waals surface area contributed by atoms with Crippen LogP contribution in [0.4, 0.5) is 4.79 Å². The van der Waals surface area contributed by atoms with Crippen molar-refractivity contribution in [1.82, 2.24) is 20.5 Å². The predicted molar refractivity (Wildman–Crippen MR) is 76.5 cm³/mol. The molecular formula is C14H24N4O2. The Kier molecular flexibility index (Phi) is 5.00. The molecule has 0 aromatic carbocycles. The van der Waals surface area contributed by atoms with E-state index in [-0.39, 0.29) is 6.03 Å². The second-order valence-corrected chi connectivity index (χ2v) is 5.24. The molecule has 6 nitrogen and oxygen atoms in total. The van der Waals surface area contributed by atoms with Gasteiger partial charge in [-0.15, -0.1) is 0 Å². The topological polar surface area (TPSA) is 70.4 Å². The predicted octanol–water partition coefficient (Wildman–Crippen LogP) is 1.57. The summed E-state index contributed by atoms with van der Waals surface area (Å²) in [6.07, 6.45) is 2.38. The molecule has 0 unspecified atom stereocenters. The number of nitrogens with zero attached hydrogens (tertiary/aromatic N) is 2. The molecule has 6 heteroatoms. The molecular weight excluding hydrogens is 256 g/mol. The minimum Gasteiger partial charge on any atom is -0.444 e. The number of hydrogen-bond donors (Lipinski definition) is 2. The van der Waals surface area contributed by atoms with Crippen molar-refractivity contribution in [2.45, 2.75) is 46.2 Å². The number of aromatic nitrogens is 1. The van der Waals surface area contributed by atoms with Crippen LogP contribution in [0.1, 0.15) is 37.1 Å². The first kappa shape index (κ1) is 14.8. The zero-order valence-electron chi connectivity index (χ0n) is 12.5. The normalized spacial score (nSPS) is 19.2. The first-order valence-electron chi connectivity index (χ1n) is 7.28. The first-order chi connectivity index (χ1) is 9.60. The summed E-state index contributed by atoms with van der Waals surface area (Å²) in [7, 11) is 0. The second-order valence-electron chi connectivity index (χ2n) is 5.24. The quantitative estimate of drug-likeness (QED) is 0.859. The molecule has 1 atom stereocenters. The number of hydrogen-bond acceptors (Lipinski definition) is 4. The SMILES string of the molecule is CCN1CCC[C@@H]1CNC(=O)NCc1nc(C)c(C)o1. The van der Waals surface area contributed by atoms with Gasteiger partial charge in [-0.25, -0.2) is 9.78 Å². The molecule has 0 spiro atoms. The lowest BCUT2D eigenvalue weighted by Gasteiger charge is -2.22. The molecule has 112 valence electrons. The van der Waals surface area contributed by atoms with E-state index in [0.29, 0.717) is 25.0 Å². The summed E-state index contributed by atoms with van der Waals surface area (Å²) in [5.74, 6) is 1.35. The van der Waals surface area contributed by atoms with Gasteiger partial charge in [0.05, 0.1) is 12.2 Å². The van der Waals surface area contributed by atoms with E-state index < -0.39 is 0 Å². The monoisotopic (exact) mass is 280 g/mol. The molecule has 0 saturated carbocycles. The van der Waals surface area contributed by atoms with E-state index >= 15 is 0 Å². The molecule has 1 aromatic heterocycles. The third-order valence-electron chi connectivity index (χ3n) is 3.88. The van der Waals surface area contributed by atoms with Crippen LogP contribution in [0.15, 0.2) is 4.42 Å². The lowest BCUT2D eigenvalue weighted by Crippen LogP contribution is -2.43. The maximum atomic E-state index is 11.7. The molecule has 2 amide bonds. The van der Waals surface area contributed by atoms with Gasteiger partial charge in [0.15, 0.2) is 0 Å². The van der Waals surface area contributed by atoms with Gasteiger partial charge in [0.2, 0.25) is 5.89 Å². The molecule has 0 bridgehead atoms. The number of carbonyl (C=O) groups is 1. The van der Waals surface area contributed by atoms with Crippen molar-refractivity contribution < 1.29 is 9.21 Å². The Morgan fingerprint density at radius 1 is 1.45 bits per heavy atom. The number of oxazole rings is 1. The minimum absolute atomic E-state index is 0.165. The van der Waals surface area contributed by atoms with Crippen molar-refractivity contribution in [3.8, 4) is 0 Å². The zero-order valence-corrected chi connectivity index (χ0v) is 12.5. The van der Waals surface area contributed by atoms with Gasteiger partial charge >= 0.3 is 6.03 Å². The summed E-state index contributed by atoms with van der Waals surface area (Å²) < 4.78 is 5.42. The number of urea groups is 1. The second kappa shape index (κ2) is 6.74. The third kappa shape index (κ3) is 3.72. The summed E-state index contributed by atoms with van der Waals surface area (Å²) in [5, 5.41) is 5.69. The van der Waals surface area contributed by atoms with Gasteiger partial charge in [0, 0.05) is 12.6 Å². The van der Waals surface area contributed by atoms with Crippen LogP contribution < -0.4 is 10.6 Å². The van der Waals surface area contributed by atoms with Crippen molar-refractivity contribution in [3.05, 3.63) is 17.3 Å². The van der Waals surface area contributed by atoms with Gasteiger partial charge in [-0.2, -0.15) is 0 Å². The molecule has 20 heavy (non-hydrogen) atoms. The fourth-order valence-corrected chi connectivity index (χ4v) is 2.59. The lowest BCUT2D eigenvalue weighted by atomic mass is 10.2. The first-order valence-corrected chi connectivity index (χ1v) is 7.28. The Bertz CT molecular complexity index is 439. The fraction of sp³-hybridized carbons (Fsp3) is 0.714. The van der Waals surface area contributed by atoms with Crippen LogP contribution in [-0.4, -0.2) is 41.6 Å². The number of rotatable bonds is 5. The van der Waals surface area contributed by atoms with E-state index in [4.69, 9.17) is 4.42 Å². The van der Waals surface area contributed by atoms with E-state index in [0.717, 1.165) is 31.0 Å². The molecule has 1 saturated heterocycles. The molecule has 0 aliphatic carbocycles. The molecule has 2 N–H and O–H groups in total. The van der Waals surface area contributed by atoms with E-state index in [1.807, 2.05) is 13.8 Å². The highest BCUT2D eigenvalue weighted by atomic mass is 16.4. The zero-order chi connectivity index (χ0) is 14.5. The van der Waals surface area contributed by atoms with E-state index in [1.54, 1.807) is 0 Å². The van der Waals surface area contributed by atoms with Crippen LogP contribution in [0.3, 0.4) is 0 Å². The Balaban J connectivity index is 1.70. The summed E-state index contributed by atoms with van der Waals surface area (Å²) in [6, 6.07) is 0.304. The number of aryl methyl sites for hydroxylation is 2. The molecule has 0 radical (unpaired) electrons. The summed E-state index contributed by atoms with van der Waals surface area (Å²) >= 11 is 0. The number of likely N-dealkylation sites (N-methyl/N-ethyl adjacent to an activating group) is 1. The van der Waals surface area contributed by atoms with E-state index in [1.165, 1.54) is 6.42 Å². The molecule has 1 aliphatic rings. The van der Waals surface area contributed by atoms with E-state index in [9.17, 15) is 4.79 Å². The molecule has 1 aromatic rings. The highest BCUT2D eigenvalue weighted by Gasteiger charge is 2.23. The van der Waals surface area contributed by atoms with Gasteiger partial charge in [0.25, 0.3) is 0 Å². The Labute approximate surface area is 119 Å². The average Bonchev–Trinajstić information content (AvgIpc) is 3.01. The van der Waals surface area contributed by atoms with Crippen LogP contribution in [0.5, 0.6) is 0 Å². The fourth-order valence-electron chi connectivity index (χ4n) is 2.59. The van der Waals surface area contributed by atoms with Crippen LogP contribution in [0.2, 0.25) is 0 Å². The van der Waals surface area contributed by atoms with Crippen molar-refractivity contribution in [2.24, 2.45) is 0 Å². The molecule has 1 aliphatic heterocycles. The molecule has 1 fully saturated rings. The summed E-state index contributed by atoms with van der Waals surface area (Å²) in [5.41, 5.74) is 0.867. The van der Waals surface area contributed by atoms with Crippen molar-refractivity contribution in [3.63, 3.8) is 0 Å². The number of carbonyl (C=O) groups excluding carboxylic acids is 1. The summed E-state index contributed by atoms with van der Waals surface area (Å²) in [6.45, 7) is 9.12. The van der Waals surface area contributed by atoms with Gasteiger partial charge in [-0.05, 0) is 39.8 Å². The van der Waals surface area contributed by atoms with Crippen molar-refractivity contribution in [1.29, 1.82) is 0 Å². The van der Waals surface area contributed by atoms with Gasteiger partial charge < -0.3 is 15.1 Å². The van der Waals surface area contributed by atoms with Crippen LogP contribution in [0, 0.1) is 13.8 Å². The lowest BCUT2D eigenvalue weighted by molar-refractivity contribution is 0.227. The average molecular weight is 280 g/mol. The number of nitrogens with one attached hydrogen (secondary N) is 2. The summed E-state index contributed by atoms with van der Waals surface area (Å²) in [4.78, 5) is 18.4. The Morgan fingerprint density at radius 3 is 2.90 bits per heavy atom. The van der Waals surface area contributed by atoms with Gasteiger partial charge in [-0.1, -0.05) is 6.92 Å². The largest absolute Gasteiger partial charge is 0.444 e. The Hall–Kier alpha value is -1.56. The molecule has 2 rings (SSSR count). The van der Waals surface area contributed by atoms with Gasteiger partial charge in [0.1, 0.15) is 5.76 Å². The highest BCUT2D eigenvalue weighted by Crippen LogP contribution is 2.15. The molecule has 2 heterocycles. The highest BCUT2D eigenvalue weighted by molar-refractivity contribution is 5.73. The van der Waals surface area contributed by atoms with Crippen LogP contribution in [0.25, 0.3) is 0 Å². The minimum atomic E-state index is -0.165. The van der Waals surface area contributed by atoms with Gasteiger partial charge in [-0.3, -0.25) is 4.90 Å². The number of amides is 2. The number of likely N-dealkylation sites (tertiary alicyclic amines) is 1.